The van der Waals surface area contributed by atoms with Crippen LogP contribution in [0.4, 0.5) is 0 Å². The number of aromatic hydroxyl groups is 1. The van der Waals surface area contributed by atoms with Gasteiger partial charge >= 0.3 is 11.9 Å². The number of H-pyrrole nitrogens is 1. The fraction of sp³-hybridized carbons (Fsp3) is 0.391. The molecule has 206 valence electrons. The summed E-state index contributed by atoms with van der Waals surface area (Å²) in [6.07, 6.45) is 1.95. The molecule has 0 radical (unpaired) electrons. The Bertz CT molecular complexity index is 1110. The van der Waals surface area contributed by atoms with E-state index in [1.54, 1.807) is 0 Å². The molecule has 0 aliphatic rings. The van der Waals surface area contributed by atoms with Crippen molar-refractivity contribution in [2.45, 2.75) is 49.9 Å². The van der Waals surface area contributed by atoms with E-state index in [2.05, 4.69) is 20.6 Å². The van der Waals surface area contributed by atoms with Crippen LogP contribution in [0.15, 0.2) is 36.8 Å². The Kier molecular flexibility index (Phi) is 11.2. The molecule has 2 rings (SSSR count). The Morgan fingerprint density at radius 2 is 1.50 bits per heavy atom. The van der Waals surface area contributed by atoms with Gasteiger partial charge in [-0.05, 0) is 24.1 Å². The van der Waals surface area contributed by atoms with Crippen LogP contribution >= 0.6 is 0 Å². The van der Waals surface area contributed by atoms with Crippen LogP contribution in [0.25, 0.3) is 0 Å². The number of aromatic amines is 1. The average molecular weight is 535 g/mol. The van der Waals surface area contributed by atoms with Crippen molar-refractivity contribution in [3.05, 3.63) is 48.0 Å². The summed E-state index contributed by atoms with van der Waals surface area (Å²) in [5.74, 6) is -5.44. The average Bonchev–Trinajstić information content (AvgIpc) is 3.38. The first-order valence-electron chi connectivity index (χ1n) is 11.5. The number of carboxylic acid groups (broad SMARTS) is 2. The van der Waals surface area contributed by atoms with Gasteiger partial charge in [-0.2, -0.15) is 0 Å². The Morgan fingerprint density at radius 1 is 0.895 bits per heavy atom. The van der Waals surface area contributed by atoms with Crippen molar-refractivity contribution in [3.63, 3.8) is 0 Å². The third kappa shape index (κ3) is 9.51. The second-order valence-electron chi connectivity index (χ2n) is 8.39. The van der Waals surface area contributed by atoms with E-state index in [1.165, 1.54) is 36.8 Å². The van der Waals surface area contributed by atoms with Crippen LogP contribution in [0.2, 0.25) is 0 Å². The highest BCUT2D eigenvalue weighted by molar-refractivity contribution is 5.94. The number of hydrogen-bond donors (Lipinski definition) is 9. The summed E-state index contributed by atoms with van der Waals surface area (Å²) >= 11 is 0. The number of aliphatic hydroxyl groups is 1. The predicted octanol–water partition coefficient (Wildman–Crippen LogP) is -2.38. The van der Waals surface area contributed by atoms with Crippen LogP contribution < -0.4 is 21.7 Å². The fourth-order valence-corrected chi connectivity index (χ4v) is 3.35. The van der Waals surface area contributed by atoms with Crippen LogP contribution in [0.3, 0.4) is 0 Å². The van der Waals surface area contributed by atoms with Gasteiger partial charge in [0, 0.05) is 31.2 Å². The topological polar surface area (TPSA) is 257 Å². The third-order valence-corrected chi connectivity index (χ3v) is 5.42. The number of aliphatic hydroxyl groups excluding tert-OH is 1. The summed E-state index contributed by atoms with van der Waals surface area (Å²) in [5.41, 5.74) is 7.07. The quantitative estimate of drug-likeness (QED) is 0.117. The number of hydrogen-bond acceptors (Lipinski definition) is 9. The van der Waals surface area contributed by atoms with Gasteiger partial charge in [0.25, 0.3) is 0 Å². The molecule has 4 atom stereocenters. The Morgan fingerprint density at radius 3 is 2.05 bits per heavy atom. The summed E-state index contributed by atoms with van der Waals surface area (Å²) in [4.78, 5) is 67.5. The van der Waals surface area contributed by atoms with Gasteiger partial charge in [-0.3, -0.25) is 19.2 Å². The molecule has 0 saturated carbocycles. The minimum Gasteiger partial charge on any atom is -0.508 e. The third-order valence-electron chi connectivity index (χ3n) is 5.42. The number of phenols is 1. The predicted molar refractivity (Wildman–Crippen MR) is 129 cm³/mol. The number of phenolic OH excluding ortho intramolecular Hbond substituents is 1. The highest BCUT2D eigenvalue weighted by Crippen LogP contribution is 2.12. The molecule has 2 aromatic rings. The molecule has 15 nitrogen and oxygen atoms in total. The van der Waals surface area contributed by atoms with Gasteiger partial charge in [0.15, 0.2) is 0 Å². The lowest BCUT2D eigenvalue weighted by Gasteiger charge is -2.25. The van der Waals surface area contributed by atoms with Crippen molar-refractivity contribution < 1.29 is 44.4 Å². The zero-order valence-corrected chi connectivity index (χ0v) is 20.2. The standard InChI is InChI=1S/C23H30N6O9/c24-15(8-13-9-25-11-26-13)20(34)28-17(7-12-1-3-14(31)4-2-12)22(36)27-16(5-6-19(32)33)21(35)29-18(10-30)23(37)38/h1-4,9,11,15-18,30-31H,5-8,10,24H2,(H,25,26)(H,27,36)(H,28,34)(H,29,35)(H,32,33)(H,37,38). The lowest BCUT2D eigenvalue weighted by molar-refractivity contribution is -0.144. The van der Waals surface area contributed by atoms with Gasteiger partial charge in [-0.25, -0.2) is 9.78 Å². The van der Waals surface area contributed by atoms with Crippen molar-refractivity contribution in [2.75, 3.05) is 6.61 Å². The van der Waals surface area contributed by atoms with Crippen molar-refractivity contribution in [1.82, 2.24) is 25.9 Å². The first-order valence-corrected chi connectivity index (χ1v) is 11.5. The van der Waals surface area contributed by atoms with Gasteiger partial charge in [-0.15, -0.1) is 0 Å². The first kappa shape index (κ1) is 29.7. The minimum atomic E-state index is -1.68. The van der Waals surface area contributed by atoms with Crippen molar-refractivity contribution in [2.24, 2.45) is 5.73 Å². The molecule has 0 aliphatic heterocycles. The number of nitrogens with one attached hydrogen (secondary N) is 4. The van der Waals surface area contributed by atoms with Crippen LogP contribution in [0.1, 0.15) is 24.1 Å². The Hall–Kier alpha value is -4.50. The molecule has 0 spiro atoms. The molecule has 0 bridgehead atoms. The molecular weight excluding hydrogens is 504 g/mol. The largest absolute Gasteiger partial charge is 0.508 e. The number of nitrogens with two attached hydrogens (primary N) is 1. The number of carbonyl (C=O) groups is 5. The van der Waals surface area contributed by atoms with Crippen LogP contribution in [-0.2, 0) is 36.8 Å². The molecule has 1 aromatic carbocycles. The summed E-state index contributed by atoms with van der Waals surface area (Å²) in [5, 5.41) is 43.7. The number of carbonyl (C=O) groups excluding carboxylic acids is 3. The van der Waals surface area contributed by atoms with Gasteiger partial charge in [0.2, 0.25) is 17.7 Å². The van der Waals surface area contributed by atoms with Gasteiger partial charge in [-0.1, -0.05) is 12.1 Å². The number of benzene rings is 1. The number of carboxylic acids is 2. The van der Waals surface area contributed by atoms with E-state index in [0.717, 1.165) is 0 Å². The van der Waals surface area contributed by atoms with Gasteiger partial charge in [0.05, 0.1) is 19.0 Å². The van der Waals surface area contributed by atoms with Crippen LogP contribution in [-0.4, -0.2) is 90.8 Å². The second-order valence-corrected chi connectivity index (χ2v) is 8.39. The maximum absolute atomic E-state index is 13.2. The highest BCUT2D eigenvalue weighted by atomic mass is 16.4. The molecule has 3 amide bonds. The molecule has 15 heteroatoms. The summed E-state index contributed by atoms with van der Waals surface area (Å²) in [6, 6.07) is 0.245. The van der Waals surface area contributed by atoms with E-state index in [1.807, 2.05) is 5.32 Å². The number of aliphatic carboxylic acids is 2. The van der Waals surface area contributed by atoms with E-state index in [4.69, 9.17) is 15.9 Å². The maximum Gasteiger partial charge on any atom is 0.328 e. The number of amides is 3. The summed E-state index contributed by atoms with van der Waals surface area (Å²) in [6.45, 7) is -0.936. The van der Waals surface area contributed by atoms with Crippen molar-refractivity contribution in [3.8, 4) is 5.75 Å². The molecule has 38 heavy (non-hydrogen) atoms. The first-order chi connectivity index (χ1) is 18.0. The molecular formula is C23H30N6O9. The molecule has 10 N–H and O–H groups in total. The monoisotopic (exact) mass is 534 g/mol. The van der Waals surface area contributed by atoms with Crippen molar-refractivity contribution >= 4 is 29.7 Å². The fourth-order valence-electron chi connectivity index (χ4n) is 3.35. The summed E-state index contributed by atoms with van der Waals surface area (Å²) in [7, 11) is 0. The molecule has 1 heterocycles. The van der Waals surface area contributed by atoms with E-state index < -0.39 is 73.3 Å². The second kappa shape index (κ2) is 14.3. The number of nitrogens with zero attached hydrogens (tertiary/aromatic N) is 1. The SMILES string of the molecule is NC(Cc1cnc[nH]1)C(=O)NC(Cc1ccc(O)cc1)C(=O)NC(CCC(=O)O)C(=O)NC(CO)C(=O)O. The lowest BCUT2D eigenvalue weighted by atomic mass is 10.0. The molecule has 0 saturated heterocycles. The maximum atomic E-state index is 13.2. The lowest BCUT2D eigenvalue weighted by Crippen LogP contribution is -2.58. The Balaban J connectivity index is 2.22. The highest BCUT2D eigenvalue weighted by Gasteiger charge is 2.30. The van der Waals surface area contributed by atoms with Gasteiger partial charge in [0.1, 0.15) is 23.9 Å². The van der Waals surface area contributed by atoms with E-state index in [0.29, 0.717) is 11.3 Å². The molecule has 0 aliphatic carbocycles. The van der Waals surface area contributed by atoms with E-state index in [9.17, 15) is 34.2 Å². The van der Waals surface area contributed by atoms with Crippen LogP contribution in [0, 0.1) is 0 Å². The Labute approximate surface area is 216 Å². The van der Waals surface area contributed by atoms with Crippen molar-refractivity contribution in [1.29, 1.82) is 0 Å². The van der Waals surface area contributed by atoms with E-state index >= 15 is 0 Å². The molecule has 4 unspecified atom stereocenters. The van der Waals surface area contributed by atoms with E-state index in [-0.39, 0.29) is 18.6 Å². The number of rotatable bonds is 15. The summed E-state index contributed by atoms with van der Waals surface area (Å²) < 4.78 is 0. The van der Waals surface area contributed by atoms with Gasteiger partial charge < -0.3 is 47.1 Å². The molecule has 1 aromatic heterocycles. The van der Waals surface area contributed by atoms with Crippen LogP contribution in [0.5, 0.6) is 5.75 Å². The smallest absolute Gasteiger partial charge is 0.328 e. The number of aromatic nitrogens is 2. The molecule has 0 fully saturated rings. The normalized spacial score (nSPS) is 13.9. The number of imidazole rings is 1. The minimum absolute atomic E-state index is 0.0253. The zero-order valence-electron chi connectivity index (χ0n) is 20.2. The zero-order chi connectivity index (χ0) is 28.2.